The predicted octanol–water partition coefficient (Wildman–Crippen LogP) is 3.02. The van der Waals surface area contributed by atoms with Crippen LogP contribution in [0.4, 0.5) is 11.6 Å². The van der Waals surface area contributed by atoms with Crippen LogP contribution in [0.25, 0.3) is 16.8 Å². The second-order valence-electron chi connectivity index (χ2n) is 8.24. The monoisotopic (exact) mass is 480 g/mol. The van der Waals surface area contributed by atoms with Crippen LogP contribution in [0.2, 0.25) is 0 Å². The Labute approximate surface area is 207 Å². The van der Waals surface area contributed by atoms with Crippen LogP contribution in [0.3, 0.4) is 0 Å². The molecule has 5 rings (SSSR count). The summed E-state index contributed by atoms with van der Waals surface area (Å²) in [6.45, 7) is 2.27. The summed E-state index contributed by atoms with van der Waals surface area (Å²) in [4.78, 5) is 40.5. The number of benzene rings is 1. The first kappa shape index (κ1) is 23.0. The highest BCUT2D eigenvalue weighted by Gasteiger charge is 2.33. The van der Waals surface area contributed by atoms with Crippen molar-refractivity contribution in [1.29, 1.82) is 0 Å². The van der Waals surface area contributed by atoms with Gasteiger partial charge in [0.25, 0.3) is 11.8 Å². The first-order chi connectivity index (χ1) is 17.6. The number of hydrogen-bond acceptors (Lipinski definition) is 7. The van der Waals surface area contributed by atoms with Gasteiger partial charge in [0.15, 0.2) is 5.82 Å². The van der Waals surface area contributed by atoms with Crippen LogP contribution < -0.4 is 16.6 Å². The van der Waals surface area contributed by atoms with Gasteiger partial charge in [-0.15, -0.1) is 0 Å². The Hall–Kier alpha value is -4.75. The van der Waals surface area contributed by atoms with Gasteiger partial charge in [0, 0.05) is 36.3 Å². The average molecular weight is 481 g/mol. The van der Waals surface area contributed by atoms with Crippen molar-refractivity contribution in [3.63, 3.8) is 0 Å². The van der Waals surface area contributed by atoms with Gasteiger partial charge in [0.2, 0.25) is 0 Å². The number of nitrogens with one attached hydrogen (secondary N) is 2. The molecule has 0 spiro atoms. The molecule has 0 bridgehead atoms. The van der Waals surface area contributed by atoms with Crippen LogP contribution in [0.15, 0.2) is 61.1 Å². The molecule has 180 valence electrons. The van der Waals surface area contributed by atoms with Crippen molar-refractivity contribution in [2.24, 2.45) is 5.84 Å². The fourth-order valence-corrected chi connectivity index (χ4v) is 4.47. The van der Waals surface area contributed by atoms with E-state index in [-0.39, 0.29) is 17.9 Å². The Morgan fingerprint density at radius 2 is 1.94 bits per heavy atom. The first-order valence-corrected chi connectivity index (χ1v) is 11.5. The molecular formula is C26H24N8O2. The lowest BCUT2D eigenvalue weighted by Gasteiger charge is -2.21. The molecule has 1 aromatic carbocycles. The average Bonchev–Trinajstić information content (AvgIpc) is 3.54. The Morgan fingerprint density at radius 1 is 1.11 bits per heavy atom. The molecule has 3 aromatic heterocycles. The van der Waals surface area contributed by atoms with E-state index in [1.165, 1.54) is 0 Å². The normalized spacial score (nSPS) is 14.8. The Balaban J connectivity index is 1.53. The molecule has 1 aliphatic rings. The zero-order valence-electron chi connectivity index (χ0n) is 19.6. The number of carbonyl (C=O) groups excluding carboxylic acids is 2. The Morgan fingerprint density at radius 3 is 2.67 bits per heavy atom. The molecule has 10 heteroatoms. The highest BCUT2D eigenvalue weighted by Crippen LogP contribution is 2.36. The van der Waals surface area contributed by atoms with E-state index in [4.69, 9.17) is 10.8 Å². The van der Waals surface area contributed by atoms with E-state index in [1.54, 1.807) is 54.5 Å². The third kappa shape index (κ3) is 4.23. The van der Waals surface area contributed by atoms with E-state index >= 15 is 0 Å². The standard InChI is InChI=1S/C26H24N8O2/c1-2-6-21(35)33-15-5-7-19(33)25-31-22(23-24(32-27)29-14-16-34(23)25)17-9-11-18(12-10-17)26(36)30-20-8-3-4-13-28-20/h3-4,8-14,16,19H,5,7,15,27H2,1H3,(H,29,32)(H,28,30,36)/t19-/m0/s1. The zero-order chi connectivity index (χ0) is 25.1. The maximum atomic E-state index is 12.7. The summed E-state index contributed by atoms with van der Waals surface area (Å²) in [7, 11) is 0. The van der Waals surface area contributed by atoms with E-state index in [0.717, 1.165) is 18.4 Å². The molecule has 2 amide bonds. The summed E-state index contributed by atoms with van der Waals surface area (Å²) in [5.41, 5.74) is 5.23. The van der Waals surface area contributed by atoms with Gasteiger partial charge in [0.1, 0.15) is 22.9 Å². The quantitative estimate of drug-likeness (QED) is 0.227. The molecule has 0 aliphatic carbocycles. The van der Waals surface area contributed by atoms with E-state index in [1.807, 2.05) is 22.7 Å². The van der Waals surface area contributed by atoms with Crippen LogP contribution in [-0.4, -0.2) is 42.6 Å². The number of fused-ring (bicyclic) bond motifs is 1. The minimum Gasteiger partial charge on any atom is -0.322 e. The summed E-state index contributed by atoms with van der Waals surface area (Å²) in [5.74, 6) is 12.3. The van der Waals surface area contributed by atoms with E-state index in [0.29, 0.717) is 40.8 Å². The predicted molar refractivity (Wildman–Crippen MR) is 136 cm³/mol. The summed E-state index contributed by atoms with van der Waals surface area (Å²) in [6, 6.07) is 12.2. The second-order valence-corrected chi connectivity index (χ2v) is 8.24. The van der Waals surface area contributed by atoms with Crippen LogP contribution in [0.5, 0.6) is 0 Å². The number of amides is 2. The maximum Gasteiger partial charge on any atom is 0.299 e. The molecule has 1 aliphatic heterocycles. The molecule has 1 atom stereocenters. The molecule has 4 aromatic rings. The highest BCUT2D eigenvalue weighted by molar-refractivity contribution is 6.04. The van der Waals surface area contributed by atoms with Crippen molar-refractivity contribution < 1.29 is 9.59 Å². The minimum absolute atomic E-state index is 0.215. The summed E-state index contributed by atoms with van der Waals surface area (Å²) in [5, 5.41) is 2.78. The SMILES string of the molecule is CC#CC(=O)N1CCC[C@H]1c1nc(-c2ccc(C(=O)Nc3ccccn3)cc2)c2c(NN)nccn12. The van der Waals surface area contributed by atoms with Gasteiger partial charge in [-0.25, -0.2) is 20.8 Å². The number of nitrogens with two attached hydrogens (primary N) is 1. The number of rotatable bonds is 5. The van der Waals surface area contributed by atoms with Crippen molar-refractivity contribution in [3.05, 3.63) is 72.4 Å². The molecule has 0 unspecified atom stereocenters. The number of hydrogen-bond donors (Lipinski definition) is 3. The topological polar surface area (TPSA) is 131 Å². The summed E-state index contributed by atoms with van der Waals surface area (Å²) < 4.78 is 1.91. The summed E-state index contributed by atoms with van der Waals surface area (Å²) >= 11 is 0. The van der Waals surface area contributed by atoms with Gasteiger partial charge in [0.05, 0.1) is 6.04 Å². The number of anilines is 2. The Bertz CT molecular complexity index is 1490. The number of carbonyl (C=O) groups is 2. The highest BCUT2D eigenvalue weighted by atomic mass is 16.2. The smallest absolute Gasteiger partial charge is 0.299 e. The molecule has 0 saturated carbocycles. The van der Waals surface area contributed by atoms with Crippen LogP contribution in [0.1, 0.15) is 42.0 Å². The van der Waals surface area contributed by atoms with Gasteiger partial charge >= 0.3 is 0 Å². The number of nitrogens with zero attached hydrogens (tertiary/aromatic N) is 5. The van der Waals surface area contributed by atoms with Gasteiger partial charge in [-0.2, -0.15) is 0 Å². The first-order valence-electron chi connectivity index (χ1n) is 11.5. The summed E-state index contributed by atoms with van der Waals surface area (Å²) in [6.07, 6.45) is 6.69. The van der Waals surface area contributed by atoms with Gasteiger partial charge in [-0.3, -0.25) is 14.0 Å². The lowest BCUT2D eigenvalue weighted by atomic mass is 10.1. The third-order valence-electron chi connectivity index (χ3n) is 6.09. The van der Waals surface area contributed by atoms with Crippen molar-refractivity contribution in [2.45, 2.75) is 25.8 Å². The van der Waals surface area contributed by atoms with Crippen LogP contribution in [-0.2, 0) is 4.79 Å². The molecule has 4 heterocycles. The zero-order valence-corrected chi connectivity index (χ0v) is 19.6. The largest absolute Gasteiger partial charge is 0.322 e. The number of likely N-dealkylation sites (tertiary alicyclic amines) is 1. The van der Waals surface area contributed by atoms with E-state index < -0.39 is 0 Å². The molecule has 1 fully saturated rings. The van der Waals surface area contributed by atoms with Crippen molar-refractivity contribution in [1.82, 2.24) is 24.3 Å². The molecule has 4 N–H and O–H groups in total. The van der Waals surface area contributed by atoms with Crippen molar-refractivity contribution >= 4 is 29.0 Å². The fraction of sp³-hybridized carbons (Fsp3) is 0.192. The van der Waals surface area contributed by atoms with Crippen LogP contribution >= 0.6 is 0 Å². The van der Waals surface area contributed by atoms with E-state index in [2.05, 4.69) is 32.6 Å². The molecular weight excluding hydrogens is 456 g/mol. The third-order valence-corrected chi connectivity index (χ3v) is 6.09. The van der Waals surface area contributed by atoms with Gasteiger partial charge in [-0.05, 0) is 50.0 Å². The lowest BCUT2D eigenvalue weighted by molar-refractivity contribution is -0.126. The van der Waals surface area contributed by atoms with Crippen molar-refractivity contribution in [3.8, 4) is 23.1 Å². The number of hydrazine groups is 1. The molecule has 1 saturated heterocycles. The number of imidazole rings is 1. The molecule has 36 heavy (non-hydrogen) atoms. The fourth-order valence-electron chi connectivity index (χ4n) is 4.47. The molecule has 0 radical (unpaired) electrons. The minimum atomic E-state index is -0.265. The lowest BCUT2D eigenvalue weighted by Crippen LogP contribution is -2.30. The maximum absolute atomic E-state index is 12.7. The number of aromatic nitrogens is 4. The Kier molecular flexibility index (Phi) is 6.30. The van der Waals surface area contributed by atoms with Crippen LogP contribution in [0, 0.1) is 11.8 Å². The number of pyridine rings is 1. The van der Waals surface area contributed by atoms with Crippen molar-refractivity contribution in [2.75, 3.05) is 17.3 Å². The van der Waals surface area contributed by atoms with Gasteiger partial charge in [-0.1, -0.05) is 24.1 Å². The number of nitrogen functional groups attached to an aromatic ring is 1. The van der Waals surface area contributed by atoms with E-state index in [9.17, 15) is 9.59 Å². The van der Waals surface area contributed by atoms with Gasteiger partial charge < -0.3 is 15.6 Å². The molecule has 10 nitrogen and oxygen atoms in total. The second kappa shape index (κ2) is 9.85.